The molecular weight excluding hydrogens is 429 g/mol. The molecule has 0 radical (unpaired) electrons. The number of piperazine rings is 1. The zero-order valence-electron chi connectivity index (χ0n) is 17.1. The molecule has 1 aliphatic heterocycles. The van der Waals surface area contributed by atoms with E-state index in [1.165, 1.54) is 28.3 Å². The maximum absolute atomic E-state index is 13.0. The SMILES string of the molecule is Cc1sc2ncn(CC(=O)N3CCN(c4cccc(C(F)(F)F)c4)CC3)c(=O)c2c1C. The third-order valence-electron chi connectivity index (χ3n) is 5.63. The molecule has 164 valence electrons. The Bertz CT molecular complexity index is 1190. The minimum Gasteiger partial charge on any atom is -0.368 e. The third kappa shape index (κ3) is 4.16. The average Bonchev–Trinajstić information content (AvgIpc) is 3.04. The van der Waals surface area contributed by atoms with Crippen LogP contribution < -0.4 is 10.5 Å². The minimum atomic E-state index is -4.39. The number of hydrogen-bond donors (Lipinski definition) is 0. The summed E-state index contributed by atoms with van der Waals surface area (Å²) in [6.45, 7) is 5.27. The number of thiophene rings is 1. The number of rotatable bonds is 3. The lowest BCUT2D eigenvalue weighted by Gasteiger charge is -2.36. The van der Waals surface area contributed by atoms with Crippen LogP contribution in [0.4, 0.5) is 18.9 Å². The molecule has 0 atom stereocenters. The molecule has 1 fully saturated rings. The van der Waals surface area contributed by atoms with Crippen molar-refractivity contribution in [3.05, 3.63) is 57.0 Å². The maximum Gasteiger partial charge on any atom is 0.416 e. The molecule has 0 aliphatic carbocycles. The molecule has 10 heteroatoms. The summed E-state index contributed by atoms with van der Waals surface area (Å²) >= 11 is 1.45. The molecule has 0 unspecified atom stereocenters. The van der Waals surface area contributed by atoms with Gasteiger partial charge in [0.25, 0.3) is 5.56 Å². The van der Waals surface area contributed by atoms with Crippen molar-refractivity contribution >= 4 is 33.1 Å². The Hall–Kier alpha value is -2.88. The summed E-state index contributed by atoms with van der Waals surface area (Å²) in [6, 6.07) is 5.20. The molecule has 0 saturated carbocycles. The topological polar surface area (TPSA) is 58.4 Å². The fourth-order valence-corrected chi connectivity index (χ4v) is 4.71. The number of halogens is 3. The van der Waals surface area contributed by atoms with E-state index in [-0.39, 0.29) is 18.0 Å². The van der Waals surface area contributed by atoms with Crippen LogP contribution >= 0.6 is 11.3 Å². The maximum atomic E-state index is 13.0. The second kappa shape index (κ2) is 7.99. The molecule has 1 saturated heterocycles. The van der Waals surface area contributed by atoms with Crippen LogP contribution in [-0.2, 0) is 17.5 Å². The van der Waals surface area contributed by atoms with E-state index in [1.807, 2.05) is 18.7 Å². The minimum absolute atomic E-state index is 0.111. The Kier molecular flexibility index (Phi) is 5.50. The Balaban J connectivity index is 1.43. The largest absolute Gasteiger partial charge is 0.416 e. The van der Waals surface area contributed by atoms with Gasteiger partial charge in [-0.1, -0.05) is 6.07 Å². The number of carbonyl (C=O) groups excluding carboxylic acids is 1. The summed E-state index contributed by atoms with van der Waals surface area (Å²) in [5.74, 6) is -0.212. The molecule has 31 heavy (non-hydrogen) atoms. The summed E-state index contributed by atoms with van der Waals surface area (Å²) in [6.07, 6.45) is -2.99. The molecular formula is C21H21F3N4O2S. The van der Waals surface area contributed by atoms with Crippen LogP contribution in [0.15, 0.2) is 35.4 Å². The van der Waals surface area contributed by atoms with E-state index in [4.69, 9.17) is 0 Å². The summed E-state index contributed by atoms with van der Waals surface area (Å²) in [5.41, 5.74) is 0.442. The first-order valence-electron chi connectivity index (χ1n) is 9.80. The number of anilines is 1. The third-order valence-corrected chi connectivity index (χ3v) is 6.75. The number of hydrogen-bond acceptors (Lipinski definition) is 5. The van der Waals surface area contributed by atoms with Crippen LogP contribution in [0.25, 0.3) is 10.2 Å². The molecule has 3 heterocycles. The van der Waals surface area contributed by atoms with Gasteiger partial charge in [-0.3, -0.25) is 14.2 Å². The van der Waals surface area contributed by atoms with Gasteiger partial charge in [-0.2, -0.15) is 13.2 Å². The van der Waals surface area contributed by atoms with Gasteiger partial charge in [-0.25, -0.2) is 4.98 Å². The van der Waals surface area contributed by atoms with Gasteiger partial charge in [-0.15, -0.1) is 11.3 Å². The van der Waals surface area contributed by atoms with Crippen LogP contribution in [0, 0.1) is 13.8 Å². The zero-order valence-corrected chi connectivity index (χ0v) is 17.9. The van der Waals surface area contributed by atoms with Crippen molar-refractivity contribution in [3.63, 3.8) is 0 Å². The highest BCUT2D eigenvalue weighted by Gasteiger charge is 2.31. The molecule has 4 rings (SSSR count). The number of aryl methyl sites for hydroxylation is 2. The van der Waals surface area contributed by atoms with Gasteiger partial charge in [0.2, 0.25) is 5.91 Å². The summed E-state index contributed by atoms with van der Waals surface area (Å²) < 4.78 is 40.2. The first kappa shape index (κ1) is 21.4. The van der Waals surface area contributed by atoms with Gasteiger partial charge in [-0.05, 0) is 37.6 Å². The number of fused-ring (bicyclic) bond motifs is 1. The van der Waals surface area contributed by atoms with Gasteiger partial charge in [0.15, 0.2) is 0 Å². The highest BCUT2D eigenvalue weighted by molar-refractivity contribution is 7.18. The lowest BCUT2D eigenvalue weighted by molar-refractivity contribution is -0.137. The highest BCUT2D eigenvalue weighted by atomic mass is 32.1. The van der Waals surface area contributed by atoms with Crippen molar-refractivity contribution in [2.75, 3.05) is 31.1 Å². The smallest absolute Gasteiger partial charge is 0.368 e. The molecule has 0 bridgehead atoms. The first-order valence-corrected chi connectivity index (χ1v) is 10.6. The molecule has 6 nitrogen and oxygen atoms in total. The Morgan fingerprint density at radius 1 is 1.16 bits per heavy atom. The molecule has 0 spiro atoms. The molecule has 2 aromatic heterocycles. The standard InChI is InChI=1S/C21H21F3N4O2S/c1-13-14(2)31-19-18(13)20(30)28(12-25-19)11-17(29)27-8-6-26(7-9-27)16-5-3-4-15(10-16)21(22,23)24/h3-5,10,12H,6-9,11H2,1-2H3. The highest BCUT2D eigenvalue weighted by Crippen LogP contribution is 2.32. The number of amides is 1. The van der Waals surface area contributed by atoms with Gasteiger partial charge < -0.3 is 9.80 Å². The van der Waals surface area contributed by atoms with Crippen molar-refractivity contribution in [3.8, 4) is 0 Å². The zero-order chi connectivity index (χ0) is 22.3. The first-order chi connectivity index (χ1) is 14.6. The van der Waals surface area contributed by atoms with E-state index in [2.05, 4.69) is 4.98 Å². The summed E-state index contributed by atoms with van der Waals surface area (Å²) in [4.78, 5) is 35.0. The van der Waals surface area contributed by atoms with Crippen LogP contribution in [0.2, 0.25) is 0 Å². The number of benzene rings is 1. The van der Waals surface area contributed by atoms with Crippen molar-refractivity contribution in [1.29, 1.82) is 0 Å². The summed E-state index contributed by atoms with van der Waals surface area (Å²) in [5, 5.41) is 0.548. The van der Waals surface area contributed by atoms with Crippen LogP contribution in [-0.4, -0.2) is 46.5 Å². The second-order valence-corrected chi connectivity index (χ2v) is 8.76. The van der Waals surface area contributed by atoms with Crippen molar-refractivity contribution < 1.29 is 18.0 Å². The number of carbonyl (C=O) groups is 1. The Morgan fingerprint density at radius 3 is 2.55 bits per heavy atom. The normalized spacial score (nSPS) is 15.0. The van der Waals surface area contributed by atoms with E-state index in [0.717, 1.165) is 22.6 Å². The van der Waals surface area contributed by atoms with Gasteiger partial charge >= 0.3 is 6.18 Å². The van der Waals surface area contributed by atoms with E-state index in [0.29, 0.717) is 42.1 Å². The number of nitrogens with zero attached hydrogens (tertiary/aromatic N) is 4. The summed E-state index contributed by atoms with van der Waals surface area (Å²) in [7, 11) is 0. The lowest BCUT2D eigenvalue weighted by atomic mass is 10.1. The molecule has 0 N–H and O–H groups in total. The quantitative estimate of drug-likeness (QED) is 0.614. The fourth-order valence-electron chi connectivity index (χ4n) is 3.72. The van der Waals surface area contributed by atoms with E-state index >= 15 is 0 Å². The van der Waals surface area contributed by atoms with Gasteiger partial charge in [0.1, 0.15) is 11.4 Å². The Labute approximate surface area is 180 Å². The molecule has 1 aromatic carbocycles. The van der Waals surface area contributed by atoms with Crippen LogP contribution in [0.5, 0.6) is 0 Å². The molecule has 3 aromatic rings. The van der Waals surface area contributed by atoms with E-state index in [1.54, 1.807) is 11.0 Å². The van der Waals surface area contributed by atoms with E-state index < -0.39 is 11.7 Å². The molecule has 1 amide bonds. The monoisotopic (exact) mass is 450 g/mol. The van der Waals surface area contributed by atoms with Crippen molar-refractivity contribution in [2.45, 2.75) is 26.6 Å². The fraction of sp³-hybridized carbons (Fsp3) is 0.381. The van der Waals surface area contributed by atoms with Gasteiger partial charge in [0, 0.05) is 36.7 Å². The van der Waals surface area contributed by atoms with Gasteiger partial charge in [0.05, 0.1) is 17.3 Å². The molecule has 1 aliphatic rings. The number of aromatic nitrogens is 2. The predicted molar refractivity (Wildman–Crippen MR) is 114 cm³/mol. The van der Waals surface area contributed by atoms with Crippen LogP contribution in [0.1, 0.15) is 16.0 Å². The van der Waals surface area contributed by atoms with Crippen molar-refractivity contribution in [1.82, 2.24) is 14.5 Å². The predicted octanol–water partition coefficient (Wildman–Crippen LogP) is 3.44. The lowest BCUT2D eigenvalue weighted by Crippen LogP contribution is -2.50. The van der Waals surface area contributed by atoms with Crippen LogP contribution in [0.3, 0.4) is 0 Å². The van der Waals surface area contributed by atoms with Crippen molar-refractivity contribution in [2.24, 2.45) is 0 Å². The average molecular weight is 450 g/mol. The second-order valence-electron chi connectivity index (χ2n) is 7.56. The van der Waals surface area contributed by atoms with E-state index in [9.17, 15) is 22.8 Å². The number of alkyl halides is 3. The Morgan fingerprint density at radius 2 is 1.87 bits per heavy atom.